The van der Waals surface area contributed by atoms with Crippen molar-refractivity contribution in [3.05, 3.63) is 35.9 Å². The first kappa shape index (κ1) is 12.9. The highest BCUT2D eigenvalue weighted by molar-refractivity contribution is 5.85. The zero-order chi connectivity index (χ0) is 11.0. The SMILES string of the molecule is Cl.OC1CCN2CCC(c3ccccc3)C1C2. The van der Waals surface area contributed by atoms with Crippen LogP contribution in [-0.4, -0.2) is 35.7 Å². The monoisotopic (exact) mass is 253 g/mol. The first-order chi connectivity index (χ1) is 7.84. The van der Waals surface area contributed by atoms with Gasteiger partial charge in [-0.1, -0.05) is 30.3 Å². The Morgan fingerprint density at radius 2 is 1.76 bits per heavy atom. The van der Waals surface area contributed by atoms with Crippen LogP contribution in [0, 0.1) is 5.92 Å². The van der Waals surface area contributed by atoms with Crippen LogP contribution >= 0.6 is 12.4 Å². The van der Waals surface area contributed by atoms with Gasteiger partial charge < -0.3 is 10.0 Å². The molecule has 2 heterocycles. The fourth-order valence-electron chi connectivity index (χ4n) is 3.29. The van der Waals surface area contributed by atoms with Crippen LogP contribution in [0.3, 0.4) is 0 Å². The number of fused-ring (bicyclic) bond motifs is 2. The minimum atomic E-state index is -0.0956. The van der Waals surface area contributed by atoms with Gasteiger partial charge >= 0.3 is 0 Å². The second-order valence-electron chi connectivity index (χ2n) is 5.13. The molecule has 3 heteroatoms. The largest absolute Gasteiger partial charge is 0.393 e. The molecule has 4 unspecified atom stereocenters. The third-order valence-electron chi connectivity index (χ3n) is 4.21. The van der Waals surface area contributed by atoms with Crippen molar-refractivity contribution in [1.29, 1.82) is 0 Å². The Morgan fingerprint density at radius 3 is 2.53 bits per heavy atom. The van der Waals surface area contributed by atoms with Gasteiger partial charge in [0.15, 0.2) is 0 Å². The van der Waals surface area contributed by atoms with Gasteiger partial charge in [0, 0.05) is 19.0 Å². The van der Waals surface area contributed by atoms with Crippen LogP contribution in [0.1, 0.15) is 24.3 Å². The van der Waals surface area contributed by atoms with Gasteiger partial charge in [-0.05, 0) is 30.9 Å². The number of hydrogen-bond donors (Lipinski definition) is 1. The highest BCUT2D eigenvalue weighted by Crippen LogP contribution is 2.38. The third kappa shape index (κ3) is 2.49. The predicted molar refractivity (Wildman–Crippen MR) is 71.6 cm³/mol. The Balaban J connectivity index is 0.00000108. The number of aliphatic hydroxyl groups excluding tert-OH is 1. The maximum absolute atomic E-state index is 10.1. The molecule has 1 aromatic carbocycles. The molecule has 2 nitrogen and oxygen atoms in total. The predicted octanol–water partition coefficient (Wildman–Crippen LogP) is 2.28. The molecule has 0 radical (unpaired) electrons. The molecule has 2 saturated heterocycles. The van der Waals surface area contributed by atoms with Crippen LogP contribution in [0.2, 0.25) is 0 Å². The number of halogens is 1. The summed E-state index contributed by atoms with van der Waals surface area (Å²) in [6, 6.07) is 10.7. The fourth-order valence-corrected chi connectivity index (χ4v) is 3.29. The molecule has 0 spiro atoms. The van der Waals surface area contributed by atoms with Crippen LogP contribution in [0.5, 0.6) is 0 Å². The quantitative estimate of drug-likeness (QED) is 0.830. The van der Waals surface area contributed by atoms with Gasteiger partial charge in [0.2, 0.25) is 0 Å². The van der Waals surface area contributed by atoms with E-state index < -0.39 is 0 Å². The molecule has 1 N–H and O–H groups in total. The molecule has 2 bridgehead atoms. The summed E-state index contributed by atoms with van der Waals surface area (Å²) in [6.07, 6.45) is 2.06. The van der Waals surface area contributed by atoms with Crippen molar-refractivity contribution in [3.63, 3.8) is 0 Å². The molecule has 17 heavy (non-hydrogen) atoms. The molecule has 4 atom stereocenters. The first-order valence-corrected chi connectivity index (χ1v) is 6.30. The molecule has 2 aliphatic heterocycles. The summed E-state index contributed by atoms with van der Waals surface area (Å²) in [7, 11) is 0. The van der Waals surface area contributed by atoms with Crippen LogP contribution in [0.15, 0.2) is 30.3 Å². The van der Waals surface area contributed by atoms with Crippen molar-refractivity contribution in [1.82, 2.24) is 4.90 Å². The number of rotatable bonds is 1. The Bertz CT molecular complexity index is 356. The van der Waals surface area contributed by atoms with E-state index in [1.807, 2.05) is 0 Å². The standard InChI is InChI=1S/C14H19NO.ClH/c16-14-7-9-15-8-6-12(13(14)10-15)11-4-2-1-3-5-11;/h1-5,12-14,16H,6-10H2;1H. The van der Waals surface area contributed by atoms with Gasteiger partial charge in [-0.3, -0.25) is 0 Å². The van der Waals surface area contributed by atoms with E-state index in [1.54, 1.807) is 0 Å². The Hall–Kier alpha value is -0.570. The molecule has 1 aromatic rings. The van der Waals surface area contributed by atoms with E-state index in [2.05, 4.69) is 35.2 Å². The van der Waals surface area contributed by atoms with Gasteiger partial charge in [-0.2, -0.15) is 0 Å². The minimum absolute atomic E-state index is 0. The van der Waals surface area contributed by atoms with E-state index in [4.69, 9.17) is 0 Å². The molecule has 0 aliphatic carbocycles. The van der Waals surface area contributed by atoms with Gasteiger partial charge in [0.1, 0.15) is 0 Å². The number of nitrogens with zero attached hydrogens (tertiary/aromatic N) is 1. The number of aliphatic hydroxyl groups is 1. The molecule has 0 aromatic heterocycles. The lowest BCUT2D eigenvalue weighted by Gasteiger charge is -2.45. The zero-order valence-electron chi connectivity index (χ0n) is 9.96. The number of benzene rings is 1. The summed E-state index contributed by atoms with van der Waals surface area (Å²) in [6.45, 7) is 3.36. The molecule has 0 amide bonds. The van der Waals surface area contributed by atoms with Gasteiger partial charge in [-0.25, -0.2) is 0 Å². The second kappa shape index (κ2) is 5.38. The minimum Gasteiger partial charge on any atom is -0.393 e. The summed E-state index contributed by atoms with van der Waals surface area (Å²) >= 11 is 0. The smallest absolute Gasteiger partial charge is 0.0598 e. The lowest BCUT2D eigenvalue weighted by atomic mass is 9.75. The highest BCUT2D eigenvalue weighted by atomic mass is 35.5. The van der Waals surface area contributed by atoms with E-state index >= 15 is 0 Å². The van der Waals surface area contributed by atoms with Crippen molar-refractivity contribution in [2.75, 3.05) is 19.6 Å². The van der Waals surface area contributed by atoms with Crippen LogP contribution in [-0.2, 0) is 0 Å². The topological polar surface area (TPSA) is 23.5 Å². The second-order valence-corrected chi connectivity index (χ2v) is 5.13. The van der Waals surface area contributed by atoms with Gasteiger partial charge in [0.05, 0.1) is 6.10 Å². The zero-order valence-corrected chi connectivity index (χ0v) is 10.8. The van der Waals surface area contributed by atoms with E-state index in [1.165, 1.54) is 18.5 Å². The molecule has 3 rings (SSSR count). The van der Waals surface area contributed by atoms with Crippen molar-refractivity contribution in [3.8, 4) is 0 Å². The Kier molecular flexibility index (Phi) is 4.08. The van der Waals surface area contributed by atoms with Crippen LogP contribution in [0.4, 0.5) is 0 Å². The summed E-state index contributed by atoms with van der Waals surface area (Å²) in [5, 5.41) is 10.1. The average molecular weight is 254 g/mol. The number of piperidine rings is 2. The molecule has 2 fully saturated rings. The van der Waals surface area contributed by atoms with Crippen LogP contribution in [0.25, 0.3) is 0 Å². The Morgan fingerprint density at radius 1 is 1.06 bits per heavy atom. The molecule has 94 valence electrons. The Labute approximate surface area is 109 Å². The summed E-state index contributed by atoms with van der Waals surface area (Å²) in [5.74, 6) is 1.01. The van der Waals surface area contributed by atoms with E-state index in [0.717, 1.165) is 19.5 Å². The molecular weight excluding hydrogens is 234 g/mol. The fraction of sp³-hybridized carbons (Fsp3) is 0.571. The van der Waals surface area contributed by atoms with Crippen molar-refractivity contribution >= 4 is 12.4 Å². The van der Waals surface area contributed by atoms with E-state index in [9.17, 15) is 5.11 Å². The van der Waals surface area contributed by atoms with Crippen molar-refractivity contribution in [2.24, 2.45) is 5.92 Å². The van der Waals surface area contributed by atoms with E-state index in [0.29, 0.717) is 11.8 Å². The van der Waals surface area contributed by atoms with Crippen molar-refractivity contribution in [2.45, 2.75) is 24.9 Å². The summed E-state index contributed by atoms with van der Waals surface area (Å²) in [4.78, 5) is 2.50. The molecule has 0 saturated carbocycles. The highest BCUT2D eigenvalue weighted by Gasteiger charge is 2.37. The molecular formula is C14H20ClNO. The van der Waals surface area contributed by atoms with Crippen molar-refractivity contribution < 1.29 is 5.11 Å². The lowest BCUT2D eigenvalue weighted by Crippen LogP contribution is -2.50. The maximum Gasteiger partial charge on any atom is 0.0598 e. The van der Waals surface area contributed by atoms with Gasteiger partial charge in [0.25, 0.3) is 0 Å². The maximum atomic E-state index is 10.1. The van der Waals surface area contributed by atoms with Gasteiger partial charge in [-0.15, -0.1) is 12.4 Å². The average Bonchev–Trinajstić information content (AvgIpc) is 2.36. The third-order valence-corrected chi connectivity index (χ3v) is 4.21. The summed E-state index contributed by atoms with van der Waals surface area (Å²) in [5.41, 5.74) is 1.41. The normalized spacial score (nSPS) is 36.1. The summed E-state index contributed by atoms with van der Waals surface area (Å²) < 4.78 is 0. The lowest BCUT2D eigenvalue weighted by molar-refractivity contribution is -0.0123. The first-order valence-electron chi connectivity index (χ1n) is 6.30. The number of hydrogen-bond acceptors (Lipinski definition) is 2. The molecule has 2 aliphatic rings. The van der Waals surface area contributed by atoms with Crippen LogP contribution < -0.4 is 0 Å². The van der Waals surface area contributed by atoms with E-state index in [-0.39, 0.29) is 18.5 Å².